The van der Waals surface area contributed by atoms with Crippen LogP contribution in [0.2, 0.25) is 5.02 Å². The molecule has 1 aromatic carbocycles. The molecule has 20 heavy (non-hydrogen) atoms. The van der Waals surface area contributed by atoms with E-state index in [0.29, 0.717) is 22.7 Å². The van der Waals surface area contributed by atoms with Gasteiger partial charge in [-0.25, -0.2) is 4.79 Å². The van der Waals surface area contributed by atoms with E-state index in [1.165, 1.54) is 26.5 Å². The Morgan fingerprint density at radius 2 is 2.25 bits per heavy atom. The highest BCUT2D eigenvalue weighted by atomic mass is 35.5. The molecule has 2 heterocycles. The summed E-state index contributed by atoms with van der Waals surface area (Å²) in [6.07, 6.45) is 3.60. The van der Waals surface area contributed by atoms with Crippen molar-refractivity contribution >= 4 is 23.3 Å². The Kier molecular flexibility index (Phi) is 3.85. The fraction of sp³-hybridized carbons (Fsp3) is 0.533. The third-order valence-electron chi connectivity index (χ3n) is 4.33. The van der Waals surface area contributed by atoms with Gasteiger partial charge in [0.1, 0.15) is 0 Å². The van der Waals surface area contributed by atoms with E-state index in [1.54, 1.807) is 12.1 Å². The highest BCUT2D eigenvalue weighted by Crippen LogP contribution is 2.31. The molecule has 0 spiro atoms. The molecule has 0 bridgehead atoms. The molecule has 5 heteroatoms. The van der Waals surface area contributed by atoms with Crippen LogP contribution in [0.25, 0.3) is 0 Å². The van der Waals surface area contributed by atoms with E-state index in [9.17, 15) is 4.79 Å². The lowest BCUT2D eigenvalue weighted by Gasteiger charge is -2.23. The maximum atomic E-state index is 11.8. The fourth-order valence-electron chi connectivity index (χ4n) is 3.37. The standard InChI is InChI=1S/C15H19ClN2O2/c1-20-15(19)11-5-4-10(16)9-13(11)17-12-6-8-18-7-2-3-14(12)18/h4-5,9,12,14,17H,2-3,6-8H2,1H3. The van der Waals surface area contributed by atoms with Gasteiger partial charge in [0.25, 0.3) is 0 Å². The fourth-order valence-corrected chi connectivity index (χ4v) is 3.55. The Labute approximate surface area is 124 Å². The first-order chi connectivity index (χ1) is 9.69. The molecule has 2 unspecified atom stereocenters. The number of ether oxygens (including phenoxy) is 1. The normalized spacial score (nSPS) is 25.5. The minimum absolute atomic E-state index is 0.328. The average Bonchev–Trinajstić information content (AvgIpc) is 3.03. The number of carbonyl (C=O) groups is 1. The van der Waals surface area contributed by atoms with Gasteiger partial charge in [0.05, 0.1) is 18.4 Å². The Bertz CT molecular complexity index is 521. The summed E-state index contributed by atoms with van der Waals surface area (Å²) in [7, 11) is 1.40. The first kappa shape index (κ1) is 13.7. The quantitative estimate of drug-likeness (QED) is 0.871. The molecule has 2 aliphatic heterocycles. The summed E-state index contributed by atoms with van der Waals surface area (Å²) < 4.78 is 4.84. The number of fused-ring (bicyclic) bond motifs is 1. The van der Waals surface area contributed by atoms with Gasteiger partial charge in [-0.2, -0.15) is 0 Å². The number of methoxy groups -OCH3 is 1. The Morgan fingerprint density at radius 3 is 3.05 bits per heavy atom. The average molecular weight is 295 g/mol. The molecule has 2 atom stereocenters. The van der Waals surface area contributed by atoms with E-state index in [2.05, 4.69) is 10.2 Å². The van der Waals surface area contributed by atoms with E-state index in [1.807, 2.05) is 6.07 Å². The van der Waals surface area contributed by atoms with Crippen LogP contribution in [0.4, 0.5) is 5.69 Å². The lowest BCUT2D eigenvalue weighted by molar-refractivity contribution is 0.0602. The number of nitrogens with one attached hydrogen (secondary N) is 1. The van der Waals surface area contributed by atoms with E-state index < -0.39 is 0 Å². The van der Waals surface area contributed by atoms with E-state index in [4.69, 9.17) is 16.3 Å². The van der Waals surface area contributed by atoms with E-state index >= 15 is 0 Å². The summed E-state index contributed by atoms with van der Waals surface area (Å²) in [5, 5.41) is 4.14. The van der Waals surface area contributed by atoms with Crippen LogP contribution < -0.4 is 5.32 Å². The van der Waals surface area contributed by atoms with Crippen LogP contribution in [0.15, 0.2) is 18.2 Å². The van der Waals surface area contributed by atoms with Gasteiger partial charge in [-0.3, -0.25) is 4.90 Å². The summed E-state index contributed by atoms with van der Waals surface area (Å²) >= 11 is 6.06. The topological polar surface area (TPSA) is 41.6 Å². The van der Waals surface area contributed by atoms with Crippen LogP contribution in [0, 0.1) is 0 Å². The zero-order valence-corrected chi connectivity index (χ0v) is 12.3. The number of benzene rings is 1. The molecule has 2 saturated heterocycles. The predicted octanol–water partition coefficient (Wildman–Crippen LogP) is 2.78. The van der Waals surface area contributed by atoms with Crippen LogP contribution in [0.5, 0.6) is 0 Å². The first-order valence-electron chi connectivity index (χ1n) is 7.07. The van der Waals surface area contributed by atoms with Gasteiger partial charge in [0.15, 0.2) is 0 Å². The summed E-state index contributed by atoms with van der Waals surface area (Å²) in [5.41, 5.74) is 1.33. The molecular weight excluding hydrogens is 276 g/mol. The van der Waals surface area contributed by atoms with Gasteiger partial charge in [-0.1, -0.05) is 11.6 Å². The number of carbonyl (C=O) groups excluding carboxylic acids is 1. The molecule has 1 N–H and O–H groups in total. The Balaban J connectivity index is 1.82. The highest BCUT2D eigenvalue weighted by Gasteiger charge is 2.37. The van der Waals surface area contributed by atoms with Gasteiger partial charge < -0.3 is 10.1 Å². The maximum absolute atomic E-state index is 11.8. The monoisotopic (exact) mass is 294 g/mol. The third kappa shape index (κ3) is 2.50. The van der Waals surface area contributed by atoms with Crippen molar-refractivity contribution in [3.05, 3.63) is 28.8 Å². The number of esters is 1. The third-order valence-corrected chi connectivity index (χ3v) is 4.57. The zero-order valence-electron chi connectivity index (χ0n) is 11.6. The molecule has 2 fully saturated rings. The summed E-state index contributed by atoms with van der Waals surface area (Å²) in [6.45, 7) is 2.33. The summed E-state index contributed by atoms with van der Waals surface area (Å²) in [5.74, 6) is -0.328. The molecule has 0 radical (unpaired) electrons. The van der Waals surface area contributed by atoms with Crippen molar-refractivity contribution in [1.29, 1.82) is 0 Å². The number of nitrogens with zero attached hydrogens (tertiary/aromatic N) is 1. The van der Waals surface area contributed by atoms with E-state index in [-0.39, 0.29) is 5.97 Å². The number of rotatable bonds is 3. The molecule has 1 aromatic rings. The Hall–Kier alpha value is -1.26. The summed E-state index contributed by atoms with van der Waals surface area (Å²) in [4.78, 5) is 14.4. The van der Waals surface area contributed by atoms with Crippen molar-refractivity contribution in [3.63, 3.8) is 0 Å². The SMILES string of the molecule is COC(=O)c1ccc(Cl)cc1NC1CCN2CCCC12. The Morgan fingerprint density at radius 1 is 1.40 bits per heavy atom. The van der Waals surface area contributed by atoms with Crippen LogP contribution >= 0.6 is 11.6 Å². The molecule has 108 valence electrons. The predicted molar refractivity (Wildman–Crippen MR) is 79.4 cm³/mol. The molecule has 3 rings (SSSR count). The zero-order chi connectivity index (χ0) is 14.1. The largest absolute Gasteiger partial charge is 0.465 e. The second-order valence-electron chi connectivity index (χ2n) is 5.47. The minimum Gasteiger partial charge on any atom is -0.465 e. The van der Waals surface area contributed by atoms with Crippen molar-refractivity contribution in [1.82, 2.24) is 4.90 Å². The van der Waals surface area contributed by atoms with E-state index in [0.717, 1.165) is 18.7 Å². The van der Waals surface area contributed by atoms with Gasteiger partial charge in [-0.05, 0) is 44.0 Å². The number of hydrogen-bond donors (Lipinski definition) is 1. The molecule has 2 aliphatic rings. The number of halogens is 1. The van der Waals surface area contributed by atoms with Gasteiger partial charge in [0.2, 0.25) is 0 Å². The first-order valence-corrected chi connectivity index (χ1v) is 7.45. The van der Waals surface area contributed by atoms with Crippen LogP contribution in [-0.2, 0) is 4.74 Å². The lowest BCUT2D eigenvalue weighted by atomic mass is 10.1. The number of hydrogen-bond acceptors (Lipinski definition) is 4. The second-order valence-corrected chi connectivity index (χ2v) is 5.90. The van der Waals surface area contributed by atoms with Crippen molar-refractivity contribution in [2.45, 2.75) is 31.3 Å². The second kappa shape index (κ2) is 5.62. The van der Waals surface area contributed by atoms with Crippen LogP contribution in [0.1, 0.15) is 29.6 Å². The number of anilines is 1. The van der Waals surface area contributed by atoms with Crippen molar-refractivity contribution in [2.24, 2.45) is 0 Å². The van der Waals surface area contributed by atoms with Gasteiger partial charge in [-0.15, -0.1) is 0 Å². The molecule has 4 nitrogen and oxygen atoms in total. The molecular formula is C15H19ClN2O2. The van der Waals surface area contributed by atoms with Crippen LogP contribution in [0.3, 0.4) is 0 Å². The van der Waals surface area contributed by atoms with Gasteiger partial charge >= 0.3 is 5.97 Å². The van der Waals surface area contributed by atoms with Crippen molar-refractivity contribution in [3.8, 4) is 0 Å². The maximum Gasteiger partial charge on any atom is 0.339 e. The minimum atomic E-state index is -0.328. The molecule has 0 amide bonds. The molecule has 0 aliphatic carbocycles. The highest BCUT2D eigenvalue weighted by molar-refractivity contribution is 6.31. The van der Waals surface area contributed by atoms with Crippen molar-refractivity contribution in [2.75, 3.05) is 25.5 Å². The smallest absolute Gasteiger partial charge is 0.339 e. The summed E-state index contributed by atoms with van der Waals surface area (Å²) in [6, 6.07) is 6.22. The van der Waals surface area contributed by atoms with Crippen LogP contribution in [-0.4, -0.2) is 43.2 Å². The molecule has 0 saturated carbocycles. The van der Waals surface area contributed by atoms with Crippen molar-refractivity contribution < 1.29 is 9.53 Å². The lowest BCUT2D eigenvalue weighted by Crippen LogP contribution is -2.34. The van der Waals surface area contributed by atoms with Gasteiger partial charge in [0, 0.05) is 23.7 Å². The molecule has 0 aromatic heterocycles.